The zero-order valence-electron chi connectivity index (χ0n) is 12.7. The molecule has 2 rings (SSSR count). The number of amides is 2. The number of rotatable bonds is 6. The van der Waals surface area contributed by atoms with Crippen LogP contribution in [-0.4, -0.2) is 86.8 Å². The van der Waals surface area contributed by atoms with Crippen molar-refractivity contribution in [2.75, 3.05) is 59.2 Å². The number of hydrogen-bond donors (Lipinski definition) is 1. The SMILES string of the molecule is CCOCCN1CCNC(CC(=O)N2CCOCC2)C1=O. The van der Waals surface area contributed by atoms with E-state index >= 15 is 0 Å². The first kappa shape index (κ1) is 16.2. The van der Waals surface area contributed by atoms with E-state index in [1.165, 1.54) is 0 Å². The van der Waals surface area contributed by atoms with Crippen molar-refractivity contribution in [2.45, 2.75) is 19.4 Å². The summed E-state index contributed by atoms with van der Waals surface area (Å²) < 4.78 is 10.5. The van der Waals surface area contributed by atoms with Crippen molar-refractivity contribution in [1.82, 2.24) is 15.1 Å². The van der Waals surface area contributed by atoms with Crippen LogP contribution in [0.25, 0.3) is 0 Å². The highest BCUT2D eigenvalue weighted by molar-refractivity contribution is 5.89. The van der Waals surface area contributed by atoms with Gasteiger partial charge in [0, 0.05) is 39.3 Å². The van der Waals surface area contributed by atoms with Gasteiger partial charge in [0.15, 0.2) is 0 Å². The fourth-order valence-electron chi connectivity index (χ4n) is 2.61. The van der Waals surface area contributed by atoms with Crippen LogP contribution < -0.4 is 5.32 Å². The molecule has 1 atom stereocenters. The van der Waals surface area contributed by atoms with Crippen LogP contribution in [0, 0.1) is 0 Å². The van der Waals surface area contributed by atoms with Crippen LogP contribution in [0.4, 0.5) is 0 Å². The lowest BCUT2D eigenvalue weighted by atomic mass is 10.1. The van der Waals surface area contributed by atoms with Crippen molar-refractivity contribution in [3.8, 4) is 0 Å². The Labute approximate surface area is 125 Å². The minimum Gasteiger partial charge on any atom is -0.380 e. The fraction of sp³-hybridized carbons (Fsp3) is 0.857. The monoisotopic (exact) mass is 299 g/mol. The molecule has 0 aromatic carbocycles. The lowest BCUT2D eigenvalue weighted by Crippen LogP contribution is -2.57. The Morgan fingerprint density at radius 3 is 2.86 bits per heavy atom. The molecular formula is C14H25N3O4. The van der Waals surface area contributed by atoms with Gasteiger partial charge in [0.2, 0.25) is 11.8 Å². The summed E-state index contributed by atoms with van der Waals surface area (Å²) in [6.45, 7) is 7.52. The smallest absolute Gasteiger partial charge is 0.240 e. The lowest BCUT2D eigenvalue weighted by molar-refractivity contribution is -0.143. The van der Waals surface area contributed by atoms with Gasteiger partial charge < -0.3 is 24.6 Å². The normalized spacial score (nSPS) is 23.5. The first-order valence-electron chi connectivity index (χ1n) is 7.67. The maximum absolute atomic E-state index is 12.4. The number of nitrogens with one attached hydrogen (secondary N) is 1. The van der Waals surface area contributed by atoms with E-state index in [1.54, 1.807) is 9.80 Å². The number of carbonyl (C=O) groups is 2. The molecule has 0 aromatic heterocycles. The molecule has 0 radical (unpaired) electrons. The average Bonchev–Trinajstić information content (AvgIpc) is 2.52. The Hall–Kier alpha value is -1.18. The van der Waals surface area contributed by atoms with Crippen molar-refractivity contribution >= 4 is 11.8 Å². The first-order valence-corrected chi connectivity index (χ1v) is 7.67. The van der Waals surface area contributed by atoms with E-state index in [1.807, 2.05) is 6.92 Å². The Morgan fingerprint density at radius 1 is 1.38 bits per heavy atom. The van der Waals surface area contributed by atoms with Crippen LogP contribution in [-0.2, 0) is 19.1 Å². The third-order valence-electron chi connectivity index (χ3n) is 3.83. The number of hydrogen-bond acceptors (Lipinski definition) is 5. The summed E-state index contributed by atoms with van der Waals surface area (Å²) in [7, 11) is 0. The van der Waals surface area contributed by atoms with Gasteiger partial charge in [-0.2, -0.15) is 0 Å². The van der Waals surface area contributed by atoms with Gasteiger partial charge in [-0.3, -0.25) is 9.59 Å². The fourth-order valence-corrected chi connectivity index (χ4v) is 2.61. The second-order valence-corrected chi connectivity index (χ2v) is 5.23. The largest absolute Gasteiger partial charge is 0.380 e. The van der Waals surface area contributed by atoms with Gasteiger partial charge in [-0.25, -0.2) is 0 Å². The highest BCUT2D eigenvalue weighted by atomic mass is 16.5. The molecule has 2 saturated heterocycles. The second kappa shape index (κ2) is 8.31. The van der Waals surface area contributed by atoms with Gasteiger partial charge in [0.05, 0.1) is 32.3 Å². The molecule has 2 amide bonds. The van der Waals surface area contributed by atoms with E-state index in [-0.39, 0.29) is 18.2 Å². The topological polar surface area (TPSA) is 71.1 Å². The number of nitrogens with zero attached hydrogens (tertiary/aromatic N) is 2. The predicted molar refractivity (Wildman–Crippen MR) is 76.9 cm³/mol. The summed E-state index contributed by atoms with van der Waals surface area (Å²) in [5.74, 6) is 0.0263. The number of ether oxygens (including phenoxy) is 2. The van der Waals surface area contributed by atoms with Crippen LogP contribution in [0.2, 0.25) is 0 Å². The minimum absolute atomic E-state index is 0.00237. The number of carbonyl (C=O) groups excluding carboxylic acids is 2. The molecule has 0 saturated carbocycles. The molecule has 7 heteroatoms. The summed E-state index contributed by atoms with van der Waals surface area (Å²) in [5.41, 5.74) is 0. The van der Waals surface area contributed by atoms with Crippen LogP contribution in [0.5, 0.6) is 0 Å². The second-order valence-electron chi connectivity index (χ2n) is 5.23. The molecule has 7 nitrogen and oxygen atoms in total. The highest BCUT2D eigenvalue weighted by Gasteiger charge is 2.31. The minimum atomic E-state index is -0.407. The zero-order chi connectivity index (χ0) is 15.1. The maximum atomic E-state index is 12.4. The zero-order valence-corrected chi connectivity index (χ0v) is 12.7. The molecule has 0 aromatic rings. The van der Waals surface area contributed by atoms with Crippen molar-refractivity contribution < 1.29 is 19.1 Å². The third-order valence-corrected chi connectivity index (χ3v) is 3.83. The average molecular weight is 299 g/mol. The molecule has 1 unspecified atom stereocenters. The molecule has 2 aliphatic rings. The molecule has 1 N–H and O–H groups in total. The van der Waals surface area contributed by atoms with Crippen LogP contribution in [0.15, 0.2) is 0 Å². The quantitative estimate of drug-likeness (QED) is 0.642. The number of piperazine rings is 1. The molecule has 0 aliphatic carbocycles. The molecule has 0 spiro atoms. The van der Waals surface area contributed by atoms with E-state index < -0.39 is 6.04 Å². The third kappa shape index (κ3) is 4.66. The van der Waals surface area contributed by atoms with Gasteiger partial charge in [-0.05, 0) is 6.92 Å². The van der Waals surface area contributed by atoms with E-state index in [4.69, 9.17) is 9.47 Å². The summed E-state index contributed by atoms with van der Waals surface area (Å²) in [6, 6.07) is -0.407. The van der Waals surface area contributed by atoms with Gasteiger partial charge in [0.1, 0.15) is 0 Å². The van der Waals surface area contributed by atoms with Crippen LogP contribution >= 0.6 is 0 Å². The van der Waals surface area contributed by atoms with E-state index in [2.05, 4.69) is 5.32 Å². The molecule has 2 fully saturated rings. The van der Waals surface area contributed by atoms with Crippen molar-refractivity contribution in [1.29, 1.82) is 0 Å². The lowest BCUT2D eigenvalue weighted by Gasteiger charge is -2.34. The summed E-state index contributed by atoms with van der Waals surface area (Å²) in [5, 5.41) is 3.15. The van der Waals surface area contributed by atoms with Crippen molar-refractivity contribution in [3.05, 3.63) is 0 Å². The van der Waals surface area contributed by atoms with Gasteiger partial charge >= 0.3 is 0 Å². The molecule has 2 heterocycles. The molecule has 0 bridgehead atoms. The van der Waals surface area contributed by atoms with E-state index in [0.29, 0.717) is 52.6 Å². The summed E-state index contributed by atoms with van der Waals surface area (Å²) in [6.07, 6.45) is 0.226. The molecule has 21 heavy (non-hydrogen) atoms. The van der Waals surface area contributed by atoms with Gasteiger partial charge in [-0.1, -0.05) is 0 Å². The van der Waals surface area contributed by atoms with Crippen LogP contribution in [0.3, 0.4) is 0 Å². The van der Waals surface area contributed by atoms with Crippen molar-refractivity contribution in [3.63, 3.8) is 0 Å². The first-order chi connectivity index (χ1) is 10.2. The summed E-state index contributed by atoms with van der Waals surface area (Å²) in [4.78, 5) is 28.1. The molecular weight excluding hydrogens is 274 g/mol. The summed E-state index contributed by atoms with van der Waals surface area (Å²) >= 11 is 0. The van der Waals surface area contributed by atoms with Crippen LogP contribution in [0.1, 0.15) is 13.3 Å². The van der Waals surface area contributed by atoms with E-state index in [9.17, 15) is 9.59 Å². The number of morpholine rings is 1. The van der Waals surface area contributed by atoms with E-state index in [0.717, 1.165) is 6.54 Å². The standard InChI is InChI=1S/C14H25N3O4/c1-2-20-8-7-17-4-3-15-12(14(17)19)11-13(18)16-5-9-21-10-6-16/h12,15H,2-11H2,1H3. The highest BCUT2D eigenvalue weighted by Crippen LogP contribution is 2.08. The van der Waals surface area contributed by atoms with Crippen molar-refractivity contribution in [2.24, 2.45) is 0 Å². The molecule has 120 valence electrons. The van der Waals surface area contributed by atoms with Gasteiger partial charge in [0.25, 0.3) is 0 Å². The maximum Gasteiger partial charge on any atom is 0.240 e. The Kier molecular flexibility index (Phi) is 6.41. The Bertz CT molecular complexity index is 358. The predicted octanol–water partition coefficient (Wildman–Crippen LogP) is -0.928. The Morgan fingerprint density at radius 2 is 2.14 bits per heavy atom. The van der Waals surface area contributed by atoms with Gasteiger partial charge in [-0.15, -0.1) is 0 Å². The Balaban J connectivity index is 1.81. The molecule has 2 aliphatic heterocycles.